The first-order chi connectivity index (χ1) is 10.2. The van der Waals surface area contributed by atoms with Crippen molar-refractivity contribution in [3.63, 3.8) is 0 Å². The molecule has 0 aromatic heterocycles. The predicted octanol–water partition coefficient (Wildman–Crippen LogP) is 4.59. The van der Waals surface area contributed by atoms with Gasteiger partial charge in [-0.15, -0.1) is 23.5 Å². The van der Waals surface area contributed by atoms with Crippen LogP contribution in [0.2, 0.25) is 0 Å². The zero-order valence-electron chi connectivity index (χ0n) is 12.3. The molecule has 0 unspecified atom stereocenters. The van der Waals surface area contributed by atoms with Gasteiger partial charge in [-0.1, -0.05) is 29.8 Å². The summed E-state index contributed by atoms with van der Waals surface area (Å²) in [6.07, 6.45) is 2.07. The minimum Gasteiger partial charge on any atom is -0.325 e. The summed E-state index contributed by atoms with van der Waals surface area (Å²) in [5.74, 6) is 1.37. The van der Waals surface area contributed by atoms with E-state index in [1.54, 1.807) is 23.5 Å². The summed E-state index contributed by atoms with van der Waals surface area (Å²) in [5, 5.41) is 2.91. The molecular formula is C17H19NOS2. The zero-order chi connectivity index (χ0) is 15.1. The number of nitrogens with one attached hydrogen (secondary N) is 1. The van der Waals surface area contributed by atoms with Crippen LogP contribution >= 0.6 is 23.5 Å². The number of thioether (sulfide) groups is 2. The Morgan fingerprint density at radius 2 is 1.71 bits per heavy atom. The van der Waals surface area contributed by atoms with Crippen molar-refractivity contribution >= 4 is 35.1 Å². The summed E-state index contributed by atoms with van der Waals surface area (Å²) in [5.41, 5.74) is 3.30. The largest absolute Gasteiger partial charge is 0.325 e. The van der Waals surface area contributed by atoms with Crippen LogP contribution in [0.4, 0.5) is 5.69 Å². The Bertz CT molecular complexity index is 579. The molecule has 0 spiro atoms. The van der Waals surface area contributed by atoms with Crippen LogP contribution in [0.5, 0.6) is 0 Å². The SMILES string of the molecule is CSc1ccc(CSCC(=O)Nc2ccc(C)cc2)cc1. The Morgan fingerprint density at radius 3 is 2.33 bits per heavy atom. The van der Waals surface area contributed by atoms with Crippen molar-refractivity contribution in [3.8, 4) is 0 Å². The van der Waals surface area contributed by atoms with E-state index in [1.807, 2.05) is 31.2 Å². The number of hydrogen-bond donors (Lipinski definition) is 1. The lowest BCUT2D eigenvalue weighted by molar-refractivity contribution is -0.113. The number of aryl methyl sites for hydroxylation is 1. The van der Waals surface area contributed by atoms with Crippen LogP contribution in [-0.4, -0.2) is 17.9 Å². The fourth-order valence-corrected chi connectivity index (χ4v) is 3.01. The topological polar surface area (TPSA) is 29.1 Å². The third-order valence-corrected chi connectivity index (χ3v) is 4.74. The lowest BCUT2D eigenvalue weighted by Crippen LogP contribution is -2.14. The van der Waals surface area contributed by atoms with E-state index in [4.69, 9.17) is 0 Å². The van der Waals surface area contributed by atoms with E-state index in [0.717, 1.165) is 11.4 Å². The average molecular weight is 317 g/mol. The summed E-state index contributed by atoms with van der Waals surface area (Å²) in [6, 6.07) is 16.3. The van der Waals surface area contributed by atoms with E-state index in [2.05, 4.69) is 35.8 Å². The Labute approximate surface area is 134 Å². The molecule has 0 aliphatic carbocycles. The van der Waals surface area contributed by atoms with Gasteiger partial charge in [0, 0.05) is 16.3 Å². The Balaban J connectivity index is 1.74. The summed E-state index contributed by atoms with van der Waals surface area (Å²) in [6.45, 7) is 2.03. The highest BCUT2D eigenvalue weighted by molar-refractivity contribution is 7.99. The van der Waals surface area contributed by atoms with Crippen molar-refractivity contribution in [2.24, 2.45) is 0 Å². The van der Waals surface area contributed by atoms with Gasteiger partial charge in [0.2, 0.25) is 5.91 Å². The van der Waals surface area contributed by atoms with Crippen LogP contribution < -0.4 is 5.32 Å². The molecule has 0 atom stereocenters. The number of anilines is 1. The van der Waals surface area contributed by atoms with Crippen molar-refractivity contribution < 1.29 is 4.79 Å². The predicted molar refractivity (Wildman–Crippen MR) is 94.2 cm³/mol. The first-order valence-corrected chi connectivity index (χ1v) is 9.12. The standard InChI is InChI=1S/C17H19NOS2/c1-13-3-7-15(8-4-13)18-17(19)12-21-11-14-5-9-16(20-2)10-6-14/h3-10H,11-12H2,1-2H3,(H,18,19). The second kappa shape index (κ2) is 8.15. The monoisotopic (exact) mass is 317 g/mol. The molecule has 2 aromatic carbocycles. The lowest BCUT2D eigenvalue weighted by atomic mass is 10.2. The normalized spacial score (nSPS) is 10.4. The molecule has 1 N–H and O–H groups in total. The zero-order valence-corrected chi connectivity index (χ0v) is 13.9. The number of amides is 1. The van der Waals surface area contributed by atoms with Gasteiger partial charge in [0.05, 0.1) is 5.75 Å². The van der Waals surface area contributed by atoms with E-state index in [-0.39, 0.29) is 5.91 Å². The molecule has 0 aliphatic heterocycles. The summed E-state index contributed by atoms with van der Waals surface area (Å²) < 4.78 is 0. The Kier molecular flexibility index (Phi) is 6.21. The molecule has 2 rings (SSSR count). The highest BCUT2D eigenvalue weighted by Gasteiger charge is 2.03. The smallest absolute Gasteiger partial charge is 0.234 e. The molecule has 2 aromatic rings. The van der Waals surface area contributed by atoms with E-state index in [0.29, 0.717) is 5.75 Å². The van der Waals surface area contributed by atoms with E-state index >= 15 is 0 Å². The average Bonchev–Trinajstić information content (AvgIpc) is 2.50. The molecule has 0 saturated carbocycles. The minimum atomic E-state index is 0.0459. The van der Waals surface area contributed by atoms with Crippen molar-refractivity contribution in [3.05, 3.63) is 59.7 Å². The van der Waals surface area contributed by atoms with Gasteiger partial charge in [-0.2, -0.15) is 0 Å². The number of hydrogen-bond acceptors (Lipinski definition) is 3. The van der Waals surface area contributed by atoms with Gasteiger partial charge in [-0.3, -0.25) is 4.79 Å². The number of carbonyl (C=O) groups is 1. The first kappa shape index (κ1) is 16.0. The number of rotatable bonds is 6. The minimum absolute atomic E-state index is 0.0459. The second-order valence-electron chi connectivity index (χ2n) is 4.76. The molecule has 0 bridgehead atoms. The van der Waals surface area contributed by atoms with E-state index in [1.165, 1.54) is 16.0 Å². The lowest BCUT2D eigenvalue weighted by Gasteiger charge is -2.06. The van der Waals surface area contributed by atoms with E-state index < -0.39 is 0 Å². The van der Waals surface area contributed by atoms with Gasteiger partial charge < -0.3 is 5.32 Å². The van der Waals surface area contributed by atoms with Crippen LogP contribution in [0.1, 0.15) is 11.1 Å². The third kappa shape index (κ3) is 5.48. The molecular weight excluding hydrogens is 298 g/mol. The highest BCUT2D eigenvalue weighted by Crippen LogP contribution is 2.18. The number of benzene rings is 2. The molecule has 0 fully saturated rings. The van der Waals surface area contributed by atoms with Crippen LogP contribution in [0.3, 0.4) is 0 Å². The fraction of sp³-hybridized carbons (Fsp3) is 0.235. The molecule has 21 heavy (non-hydrogen) atoms. The summed E-state index contributed by atoms with van der Waals surface area (Å²) in [7, 11) is 0. The van der Waals surface area contributed by atoms with Crippen LogP contribution in [0.25, 0.3) is 0 Å². The van der Waals surface area contributed by atoms with Gasteiger partial charge in [-0.05, 0) is 43.0 Å². The maximum absolute atomic E-state index is 11.9. The quantitative estimate of drug-likeness (QED) is 0.790. The third-order valence-electron chi connectivity index (χ3n) is 3.00. The number of carbonyl (C=O) groups excluding carboxylic acids is 1. The summed E-state index contributed by atoms with van der Waals surface area (Å²) in [4.78, 5) is 13.1. The highest BCUT2D eigenvalue weighted by atomic mass is 32.2. The van der Waals surface area contributed by atoms with Gasteiger partial charge in [0.1, 0.15) is 0 Å². The Hall–Kier alpha value is -1.39. The maximum atomic E-state index is 11.9. The molecule has 0 aliphatic rings. The molecule has 110 valence electrons. The molecule has 1 amide bonds. The van der Waals surface area contributed by atoms with Gasteiger partial charge in [0.15, 0.2) is 0 Å². The van der Waals surface area contributed by atoms with Crippen molar-refractivity contribution in [1.29, 1.82) is 0 Å². The Morgan fingerprint density at radius 1 is 1.05 bits per heavy atom. The van der Waals surface area contributed by atoms with Crippen molar-refractivity contribution in [2.75, 3.05) is 17.3 Å². The van der Waals surface area contributed by atoms with Crippen molar-refractivity contribution in [2.45, 2.75) is 17.6 Å². The van der Waals surface area contributed by atoms with Crippen LogP contribution in [0.15, 0.2) is 53.4 Å². The second-order valence-corrected chi connectivity index (χ2v) is 6.62. The molecule has 0 saturated heterocycles. The fourth-order valence-electron chi connectivity index (χ4n) is 1.82. The van der Waals surface area contributed by atoms with Gasteiger partial charge >= 0.3 is 0 Å². The van der Waals surface area contributed by atoms with Gasteiger partial charge in [0.25, 0.3) is 0 Å². The van der Waals surface area contributed by atoms with Crippen molar-refractivity contribution in [1.82, 2.24) is 0 Å². The molecule has 0 heterocycles. The first-order valence-electron chi connectivity index (χ1n) is 6.74. The van der Waals surface area contributed by atoms with Gasteiger partial charge in [-0.25, -0.2) is 0 Å². The molecule has 2 nitrogen and oxygen atoms in total. The molecule has 0 radical (unpaired) electrons. The van der Waals surface area contributed by atoms with Crippen LogP contribution in [0, 0.1) is 6.92 Å². The van der Waals surface area contributed by atoms with Crippen LogP contribution in [-0.2, 0) is 10.5 Å². The maximum Gasteiger partial charge on any atom is 0.234 e. The summed E-state index contributed by atoms with van der Waals surface area (Å²) >= 11 is 3.37. The van der Waals surface area contributed by atoms with E-state index in [9.17, 15) is 4.79 Å². The molecule has 4 heteroatoms.